The van der Waals surface area contributed by atoms with Crippen molar-refractivity contribution in [1.82, 2.24) is 19.9 Å². The van der Waals surface area contributed by atoms with Crippen molar-refractivity contribution >= 4 is 23.8 Å². The van der Waals surface area contributed by atoms with Gasteiger partial charge in [0.2, 0.25) is 23.8 Å². The molecule has 1 aromatic rings. The van der Waals surface area contributed by atoms with Crippen LogP contribution >= 0.6 is 0 Å². The molecule has 0 aliphatic carbocycles. The molecule has 8 nitrogen and oxygen atoms in total. The van der Waals surface area contributed by atoms with E-state index in [-0.39, 0.29) is 5.91 Å². The molecule has 0 fully saturated rings. The van der Waals surface area contributed by atoms with Crippen molar-refractivity contribution in [2.75, 3.05) is 50.3 Å². The standard InChI is InChI=1S/C12H23N7O/c1-7-13-10-15-11(17-12(16-10)19(5)6)14-8(2)9(20)18(3)4/h8H,7H2,1-6H3,(H2,13,14,15,16,17). The number of aromatic nitrogens is 3. The van der Waals surface area contributed by atoms with Crippen molar-refractivity contribution in [1.29, 1.82) is 0 Å². The number of carbonyl (C=O) groups is 1. The van der Waals surface area contributed by atoms with Crippen LogP contribution in [0.1, 0.15) is 13.8 Å². The van der Waals surface area contributed by atoms with Crippen LogP contribution < -0.4 is 15.5 Å². The number of carbonyl (C=O) groups excluding carboxylic acids is 1. The summed E-state index contributed by atoms with van der Waals surface area (Å²) in [7, 11) is 7.12. The van der Waals surface area contributed by atoms with Crippen LogP contribution in [0.25, 0.3) is 0 Å². The maximum atomic E-state index is 11.8. The Labute approximate surface area is 119 Å². The predicted molar refractivity (Wildman–Crippen MR) is 80.1 cm³/mol. The van der Waals surface area contributed by atoms with Crippen molar-refractivity contribution in [3.63, 3.8) is 0 Å². The molecular formula is C12H23N7O. The first-order valence-electron chi connectivity index (χ1n) is 6.50. The lowest BCUT2D eigenvalue weighted by molar-refractivity contribution is -0.129. The third-order valence-corrected chi connectivity index (χ3v) is 2.52. The Morgan fingerprint density at radius 2 is 1.75 bits per heavy atom. The van der Waals surface area contributed by atoms with E-state index in [1.54, 1.807) is 25.9 Å². The van der Waals surface area contributed by atoms with Gasteiger partial charge in [-0.25, -0.2) is 0 Å². The van der Waals surface area contributed by atoms with E-state index >= 15 is 0 Å². The van der Waals surface area contributed by atoms with Crippen molar-refractivity contribution in [2.24, 2.45) is 0 Å². The maximum absolute atomic E-state index is 11.8. The third-order valence-electron chi connectivity index (χ3n) is 2.52. The predicted octanol–water partition coefficient (Wildman–Crippen LogP) is 0.258. The third kappa shape index (κ3) is 4.22. The number of hydrogen-bond acceptors (Lipinski definition) is 7. The smallest absolute Gasteiger partial charge is 0.244 e. The van der Waals surface area contributed by atoms with Gasteiger partial charge in [0.25, 0.3) is 0 Å². The molecule has 20 heavy (non-hydrogen) atoms. The lowest BCUT2D eigenvalue weighted by Crippen LogP contribution is -2.37. The van der Waals surface area contributed by atoms with E-state index in [0.717, 1.165) is 0 Å². The molecule has 1 aromatic heterocycles. The normalized spacial score (nSPS) is 11.7. The van der Waals surface area contributed by atoms with Gasteiger partial charge in [-0.15, -0.1) is 0 Å². The van der Waals surface area contributed by atoms with Gasteiger partial charge in [-0.1, -0.05) is 0 Å². The molecule has 0 radical (unpaired) electrons. The zero-order valence-corrected chi connectivity index (χ0v) is 12.9. The second-order valence-electron chi connectivity index (χ2n) is 4.81. The SMILES string of the molecule is CCNc1nc(NC(C)C(=O)N(C)C)nc(N(C)C)n1. The summed E-state index contributed by atoms with van der Waals surface area (Å²) >= 11 is 0. The molecule has 0 spiro atoms. The molecule has 2 N–H and O–H groups in total. The lowest BCUT2D eigenvalue weighted by Gasteiger charge is -2.19. The molecule has 1 unspecified atom stereocenters. The zero-order chi connectivity index (χ0) is 15.3. The molecule has 8 heteroatoms. The summed E-state index contributed by atoms with van der Waals surface area (Å²) in [6, 6.07) is -0.406. The Hall–Kier alpha value is -2.12. The first-order valence-corrected chi connectivity index (χ1v) is 6.50. The Balaban J connectivity index is 2.96. The van der Waals surface area contributed by atoms with Crippen LogP contribution in [0.15, 0.2) is 0 Å². The fourth-order valence-electron chi connectivity index (χ4n) is 1.51. The fraction of sp³-hybridized carbons (Fsp3) is 0.667. The number of nitrogens with one attached hydrogen (secondary N) is 2. The number of rotatable bonds is 6. The molecule has 0 bridgehead atoms. The van der Waals surface area contributed by atoms with Crippen LogP contribution in [0.3, 0.4) is 0 Å². The van der Waals surface area contributed by atoms with Gasteiger partial charge in [0.05, 0.1) is 0 Å². The maximum Gasteiger partial charge on any atom is 0.244 e. The fourth-order valence-corrected chi connectivity index (χ4v) is 1.51. The highest BCUT2D eigenvalue weighted by molar-refractivity contribution is 5.83. The highest BCUT2D eigenvalue weighted by atomic mass is 16.2. The van der Waals surface area contributed by atoms with Crippen LogP contribution in [-0.4, -0.2) is 66.5 Å². The van der Waals surface area contributed by atoms with Gasteiger partial charge in [0, 0.05) is 34.7 Å². The molecule has 1 amide bonds. The summed E-state index contributed by atoms with van der Waals surface area (Å²) in [5.74, 6) is 1.35. The number of hydrogen-bond donors (Lipinski definition) is 2. The van der Waals surface area contributed by atoms with E-state index in [0.29, 0.717) is 24.4 Å². The molecule has 1 atom stereocenters. The lowest BCUT2D eigenvalue weighted by atomic mass is 10.3. The minimum atomic E-state index is -0.406. The van der Waals surface area contributed by atoms with Gasteiger partial charge in [-0.3, -0.25) is 4.79 Å². The molecule has 0 saturated heterocycles. The largest absolute Gasteiger partial charge is 0.354 e. The minimum absolute atomic E-state index is 0.0400. The second kappa shape index (κ2) is 6.88. The van der Waals surface area contributed by atoms with E-state index < -0.39 is 6.04 Å². The highest BCUT2D eigenvalue weighted by Crippen LogP contribution is 2.12. The molecule has 0 aliphatic heterocycles. The molecule has 0 saturated carbocycles. The van der Waals surface area contributed by atoms with Gasteiger partial charge >= 0.3 is 0 Å². The Morgan fingerprint density at radius 1 is 1.15 bits per heavy atom. The summed E-state index contributed by atoms with van der Waals surface area (Å²) in [5.41, 5.74) is 0. The average Bonchev–Trinajstić information content (AvgIpc) is 2.37. The minimum Gasteiger partial charge on any atom is -0.354 e. The van der Waals surface area contributed by atoms with Gasteiger partial charge in [-0.2, -0.15) is 15.0 Å². The van der Waals surface area contributed by atoms with Crippen LogP contribution in [0.2, 0.25) is 0 Å². The monoisotopic (exact) mass is 281 g/mol. The van der Waals surface area contributed by atoms with E-state index in [1.807, 2.05) is 21.0 Å². The molecule has 1 rings (SSSR count). The highest BCUT2D eigenvalue weighted by Gasteiger charge is 2.17. The summed E-state index contributed by atoms with van der Waals surface area (Å²) in [5, 5.41) is 6.04. The molecule has 112 valence electrons. The number of amides is 1. The Kier molecular flexibility index (Phi) is 5.48. The topological polar surface area (TPSA) is 86.3 Å². The van der Waals surface area contributed by atoms with Gasteiger partial charge in [0.1, 0.15) is 6.04 Å². The van der Waals surface area contributed by atoms with Crippen molar-refractivity contribution in [3.8, 4) is 0 Å². The van der Waals surface area contributed by atoms with Crippen molar-refractivity contribution in [3.05, 3.63) is 0 Å². The van der Waals surface area contributed by atoms with Crippen LogP contribution in [0.5, 0.6) is 0 Å². The molecule has 0 aromatic carbocycles. The van der Waals surface area contributed by atoms with Crippen LogP contribution in [0, 0.1) is 0 Å². The van der Waals surface area contributed by atoms with Crippen molar-refractivity contribution in [2.45, 2.75) is 19.9 Å². The number of nitrogens with zero attached hydrogens (tertiary/aromatic N) is 5. The summed E-state index contributed by atoms with van der Waals surface area (Å²) < 4.78 is 0. The van der Waals surface area contributed by atoms with E-state index in [9.17, 15) is 4.79 Å². The quantitative estimate of drug-likeness (QED) is 0.773. The summed E-state index contributed by atoms with van der Waals surface area (Å²) in [6.45, 7) is 4.45. The van der Waals surface area contributed by atoms with Gasteiger partial charge in [-0.05, 0) is 13.8 Å². The van der Waals surface area contributed by atoms with E-state index in [4.69, 9.17) is 0 Å². The first-order chi connectivity index (χ1) is 9.35. The van der Waals surface area contributed by atoms with E-state index in [1.165, 1.54) is 4.90 Å². The van der Waals surface area contributed by atoms with Crippen LogP contribution in [-0.2, 0) is 4.79 Å². The Morgan fingerprint density at radius 3 is 2.25 bits per heavy atom. The van der Waals surface area contributed by atoms with Gasteiger partial charge in [0.15, 0.2) is 0 Å². The number of likely N-dealkylation sites (N-methyl/N-ethyl adjacent to an activating group) is 1. The van der Waals surface area contributed by atoms with Crippen LogP contribution in [0.4, 0.5) is 17.8 Å². The van der Waals surface area contributed by atoms with Gasteiger partial charge < -0.3 is 20.4 Å². The molecule has 0 aliphatic rings. The summed E-state index contributed by atoms with van der Waals surface area (Å²) in [4.78, 5) is 27.9. The Bertz CT molecular complexity index is 461. The second-order valence-corrected chi connectivity index (χ2v) is 4.81. The number of anilines is 3. The molecular weight excluding hydrogens is 258 g/mol. The van der Waals surface area contributed by atoms with E-state index in [2.05, 4.69) is 25.6 Å². The first kappa shape index (κ1) is 15.9. The zero-order valence-electron chi connectivity index (χ0n) is 12.9. The average molecular weight is 281 g/mol. The molecule has 1 heterocycles. The summed E-state index contributed by atoms with van der Waals surface area (Å²) in [6.07, 6.45) is 0. The van der Waals surface area contributed by atoms with Crippen molar-refractivity contribution < 1.29 is 4.79 Å².